The van der Waals surface area contributed by atoms with Crippen LogP contribution >= 0.6 is 0 Å². The minimum absolute atomic E-state index is 0.158. The Morgan fingerprint density at radius 1 is 1.29 bits per heavy atom. The van der Waals surface area contributed by atoms with Crippen molar-refractivity contribution >= 4 is 10.0 Å². The molecule has 21 heavy (non-hydrogen) atoms. The molecule has 0 spiro atoms. The molecule has 1 aliphatic heterocycles. The van der Waals surface area contributed by atoms with Crippen molar-refractivity contribution in [3.63, 3.8) is 0 Å². The fraction of sp³-hybridized carbons (Fsp3) is 0.571. The Balaban J connectivity index is 2.16. The van der Waals surface area contributed by atoms with Gasteiger partial charge < -0.3 is 14.6 Å². The molecule has 0 aromatic heterocycles. The van der Waals surface area contributed by atoms with Crippen LogP contribution in [0.15, 0.2) is 29.2 Å². The summed E-state index contributed by atoms with van der Waals surface area (Å²) in [6.07, 6.45) is 0.916. The number of nitrogens with one attached hydrogen (secondary N) is 1. The first-order valence-electron chi connectivity index (χ1n) is 6.97. The van der Waals surface area contributed by atoms with Crippen LogP contribution in [-0.4, -0.2) is 45.5 Å². The van der Waals surface area contributed by atoms with Crippen molar-refractivity contribution in [2.45, 2.75) is 30.2 Å². The molecule has 1 heterocycles. The van der Waals surface area contributed by atoms with E-state index in [0.717, 1.165) is 0 Å². The maximum absolute atomic E-state index is 12.4. The SMILES string of the molecule is CCOc1ccc(S(=O)(=O)NC2(CO)CCOCC2)cc1. The first-order valence-corrected chi connectivity index (χ1v) is 8.45. The highest BCUT2D eigenvalue weighted by molar-refractivity contribution is 7.89. The first-order chi connectivity index (χ1) is 10.0. The third kappa shape index (κ3) is 3.94. The zero-order valence-electron chi connectivity index (χ0n) is 12.0. The molecule has 0 radical (unpaired) electrons. The van der Waals surface area contributed by atoms with E-state index >= 15 is 0 Å². The second-order valence-electron chi connectivity index (χ2n) is 5.06. The van der Waals surface area contributed by atoms with Crippen LogP contribution in [0.3, 0.4) is 0 Å². The molecule has 118 valence electrons. The van der Waals surface area contributed by atoms with E-state index in [1.807, 2.05) is 6.92 Å². The van der Waals surface area contributed by atoms with Gasteiger partial charge in [-0.1, -0.05) is 0 Å². The van der Waals surface area contributed by atoms with Gasteiger partial charge in [0.05, 0.1) is 23.6 Å². The zero-order valence-corrected chi connectivity index (χ0v) is 12.9. The summed E-state index contributed by atoms with van der Waals surface area (Å²) in [5, 5.41) is 9.56. The molecule has 1 fully saturated rings. The molecule has 1 aromatic rings. The van der Waals surface area contributed by atoms with Gasteiger partial charge in [0.2, 0.25) is 10.0 Å². The Morgan fingerprint density at radius 2 is 1.90 bits per heavy atom. The quantitative estimate of drug-likeness (QED) is 0.815. The zero-order chi connectivity index (χ0) is 15.3. The fourth-order valence-corrected chi connectivity index (χ4v) is 3.73. The van der Waals surface area contributed by atoms with Gasteiger partial charge in [0.1, 0.15) is 5.75 Å². The lowest BCUT2D eigenvalue weighted by atomic mass is 9.93. The second-order valence-corrected chi connectivity index (χ2v) is 6.74. The number of ether oxygens (including phenoxy) is 2. The van der Waals surface area contributed by atoms with Crippen LogP contribution in [0.2, 0.25) is 0 Å². The molecule has 0 saturated carbocycles. The molecule has 6 nitrogen and oxygen atoms in total. The van der Waals surface area contributed by atoms with E-state index in [9.17, 15) is 13.5 Å². The summed E-state index contributed by atoms with van der Waals surface area (Å²) < 4.78 is 38.0. The van der Waals surface area contributed by atoms with E-state index in [4.69, 9.17) is 9.47 Å². The molecule has 0 bridgehead atoms. The fourth-order valence-electron chi connectivity index (χ4n) is 2.28. The van der Waals surface area contributed by atoms with Crippen molar-refractivity contribution < 1.29 is 23.0 Å². The normalized spacial score (nSPS) is 18.4. The highest BCUT2D eigenvalue weighted by atomic mass is 32.2. The summed E-state index contributed by atoms with van der Waals surface area (Å²) in [6.45, 7) is 3.02. The van der Waals surface area contributed by atoms with Crippen molar-refractivity contribution in [2.24, 2.45) is 0 Å². The minimum atomic E-state index is -3.68. The summed E-state index contributed by atoms with van der Waals surface area (Å²) in [5.74, 6) is 0.624. The molecule has 1 aliphatic rings. The monoisotopic (exact) mass is 315 g/mol. The van der Waals surface area contributed by atoms with Crippen molar-refractivity contribution in [1.29, 1.82) is 0 Å². The van der Waals surface area contributed by atoms with Crippen molar-refractivity contribution in [3.8, 4) is 5.75 Å². The summed E-state index contributed by atoms with van der Waals surface area (Å²) in [5.41, 5.74) is -0.838. The standard InChI is InChI=1S/C14H21NO5S/c1-2-20-12-3-5-13(6-4-12)21(17,18)15-14(11-16)7-9-19-10-8-14/h3-6,15-16H,2,7-11H2,1H3. The van der Waals surface area contributed by atoms with Gasteiger partial charge in [0.15, 0.2) is 0 Å². The van der Waals surface area contributed by atoms with E-state index in [1.165, 1.54) is 12.1 Å². The molecule has 0 unspecified atom stereocenters. The molecule has 0 amide bonds. The molecule has 1 saturated heterocycles. The lowest BCUT2D eigenvalue weighted by Gasteiger charge is -2.35. The summed E-state index contributed by atoms with van der Waals surface area (Å²) in [7, 11) is -3.68. The molecule has 2 rings (SSSR count). The Hall–Kier alpha value is -1.15. The number of sulfonamides is 1. The number of aliphatic hydroxyl groups is 1. The number of hydrogen-bond acceptors (Lipinski definition) is 5. The Bertz CT molecular complexity index is 549. The molecule has 7 heteroatoms. The molecule has 0 atom stereocenters. The summed E-state index contributed by atoms with van der Waals surface area (Å²) in [6, 6.07) is 6.23. The van der Waals surface area contributed by atoms with Crippen LogP contribution in [0.5, 0.6) is 5.75 Å². The highest BCUT2D eigenvalue weighted by Gasteiger charge is 2.36. The van der Waals surface area contributed by atoms with Gasteiger partial charge in [0, 0.05) is 13.2 Å². The molecule has 2 N–H and O–H groups in total. The third-order valence-electron chi connectivity index (χ3n) is 3.55. The lowest BCUT2D eigenvalue weighted by molar-refractivity contribution is 0.0223. The predicted octanol–water partition coefficient (Wildman–Crippen LogP) is 0.905. The lowest BCUT2D eigenvalue weighted by Crippen LogP contribution is -2.54. The average molecular weight is 315 g/mol. The van der Waals surface area contributed by atoms with Crippen molar-refractivity contribution in [1.82, 2.24) is 4.72 Å². The van der Waals surface area contributed by atoms with Crippen LogP contribution in [0, 0.1) is 0 Å². The van der Waals surface area contributed by atoms with Gasteiger partial charge in [-0.25, -0.2) is 13.1 Å². The van der Waals surface area contributed by atoms with E-state index in [0.29, 0.717) is 38.4 Å². The van der Waals surface area contributed by atoms with Crippen LogP contribution < -0.4 is 9.46 Å². The first kappa shape index (κ1) is 16.2. The maximum Gasteiger partial charge on any atom is 0.241 e. The van der Waals surface area contributed by atoms with Gasteiger partial charge in [-0.3, -0.25) is 0 Å². The Morgan fingerprint density at radius 3 is 2.43 bits per heavy atom. The number of aliphatic hydroxyl groups excluding tert-OH is 1. The predicted molar refractivity (Wildman–Crippen MR) is 77.8 cm³/mol. The third-order valence-corrected chi connectivity index (χ3v) is 5.14. The smallest absolute Gasteiger partial charge is 0.241 e. The largest absolute Gasteiger partial charge is 0.494 e. The van der Waals surface area contributed by atoms with Crippen LogP contribution in [0.25, 0.3) is 0 Å². The van der Waals surface area contributed by atoms with Crippen LogP contribution in [-0.2, 0) is 14.8 Å². The Labute approximate surface area is 125 Å². The van der Waals surface area contributed by atoms with E-state index in [-0.39, 0.29) is 11.5 Å². The second kappa shape index (κ2) is 6.74. The van der Waals surface area contributed by atoms with Crippen LogP contribution in [0.4, 0.5) is 0 Å². The molecular weight excluding hydrogens is 294 g/mol. The van der Waals surface area contributed by atoms with E-state index < -0.39 is 15.6 Å². The van der Waals surface area contributed by atoms with E-state index in [2.05, 4.69) is 4.72 Å². The van der Waals surface area contributed by atoms with Crippen molar-refractivity contribution in [3.05, 3.63) is 24.3 Å². The van der Waals surface area contributed by atoms with Gasteiger partial charge in [0.25, 0.3) is 0 Å². The molecular formula is C14H21NO5S. The number of hydrogen-bond donors (Lipinski definition) is 2. The van der Waals surface area contributed by atoms with Crippen molar-refractivity contribution in [2.75, 3.05) is 26.4 Å². The average Bonchev–Trinajstić information content (AvgIpc) is 2.49. The molecule has 1 aromatic carbocycles. The maximum atomic E-state index is 12.4. The topological polar surface area (TPSA) is 84.9 Å². The van der Waals surface area contributed by atoms with Gasteiger partial charge >= 0.3 is 0 Å². The van der Waals surface area contributed by atoms with Gasteiger partial charge in [-0.15, -0.1) is 0 Å². The Kier molecular flexibility index (Phi) is 5.21. The number of rotatable bonds is 6. The highest BCUT2D eigenvalue weighted by Crippen LogP contribution is 2.24. The number of benzene rings is 1. The summed E-state index contributed by atoms with van der Waals surface area (Å²) in [4.78, 5) is 0.158. The van der Waals surface area contributed by atoms with Gasteiger partial charge in [-0.05, 0) is 44.0 Å². The van der Waals surface area contributed by atoms with Gasteiger partial charge in [-0.2, -0.15) is 0 Å². The summed E-state index contributed by atoms with van der Waals surface area (Å²) >= 11 is 0. The van der Waals surface area contributed by atoms with Crippen LogP contribution in [0.1, 0.15) is 19.8 Å². The minimum Gasteiger partial charge on any atom is -0.494 e. The van der Waals surface area contributed by atoms with E-state index in [1.54, 1.807) is 12.1 Å². The molecule has 0 aliphatic carbocycles.